The number of nitrogens with zero attached hydrogens (tertiary/aromatic N) is 2. The Morgan fingerprint density at radius 1 is 1.33 bits per heavy atom. The zero-order valence-electron chi connectivity index (χ0n) is 10.6. The summed E-state index contributed by atoms with van der Waals surface area (Å²) in [6.45, 7) is 1.84. The van der Waals surface area contributed by atoms with E-state index in [-0.39, 0.29) is 5.75 Å². The lowest BCUT2D eigenvalue weighted by molar-refractivity contribution is 0.404. The molecule has 0 N–H and O–H groups in total. The van der Waals surface area contributed by atoms with Crippen molar-refractivity contribution in [3.8, 4) is 0 Å². The van der Waals surface area contributed by atoms with Gasteiger partial charge in [0, 0.05) is 22.4 Å². The molecule has 1 aliphatic rings. The fourth-order valence-corrected chi connectivity index (χ4v) is 3.56. The van der Waals surface area contributed by atoms with E-state index in [1.165, 1.54) is 25.7 Å². The van der Waals surface area contributed by atoms with E-state index in [0.717, 1.165) is 18.5 Å². The van der Waals surface area contributed by atoms with Crippen LogP contribution < -0.4 is 0 Å². The van der Waals surface area contributed by atoms with Crippen LogP contribution in [0.15, 0.2) is 6.20 Å². The van der Waals surface area contributed by atoms with E-state index in [4.69, 9.17) is 10.7 Å². The zero-order chi connectivity index (χ0) is 13.2. The molecular weight excluding hydrogens is 272 g/mol. The molecule has 102 valence electrons. The van der Waals surface area contributed by atoms with Gasteiger partial charge in [0.05, 0.1) is 17.5 Å². The van der Waals surface area contributed by atoms with Crippen LogP contribution in [0, 0.1) is 6.92 Å². The summed E-state index contributed by atoms with van der Waals surface area (Å²) >= 11 is 0. The fraction of sp³-hybridized carbons (Fsp3) is 0.750. The molecule has 6 heteroatoms. The summed E-state index contributed by atoms with van der Waals surface area (Å²) < 4.78 is 24.2. The van der Waals surface area contributed by atoms with Crippen molar-refractivity contribution < 1.29 is 8.42 Å². The van der Waals surface area contributed by atoms with Gasteiger partial charge in [0.15, 0.2) is 0 Å². The minimum absolute atomic E-state index is 0.132. The fourth-order valence-electron chi connectivity index (χ4n) is 2.56. The highest BCUT2D eigenvalue weighted by Crippen LogP contribution is 2.27. The summed E-state index contributed by atoms with van der Waals surface area (Å²) in [5.74, 6) is -0.132. The van der Waals surface area contributed by atoms with Gasteiger partial charge in [0.2, 0.25) is 9.05 Å². The lowest BCUT2D eigenvalue weighted by Crippen LogP contribution is -2.08. The van der Waals surface area contributed by atoms with Crippen molar-refractivity contribution in [3.05, 3.63) is 17.5 Å². The molecule has 1 aliphatic carbocycles. The summed E-state index contributed by atoms with van der Waals surface area (Å²) in [5, 5.41) is 4.45. The smallest absolute Gasteiger partial charge is 0.236 e. The lowest BCUT2D eigenvalue weighted by Gasteiger charge is -2.14. The van der Waals surface area contributed by atoms with Gasteiger partial charge in [0.25, 0.3) is 0 Å². The highest BCUT2D eigenvalue weighted by Gasteiger charge is 2.18. The Hall–Kier alpha value is -0.550. The zero-order valence-corrected chi connectivity index (χ0v) is 12.2. The number of aromatic nitrogens is 2. The third kappa shape index (κ3) is 3.72. The molecule has 1 fully saturated rings. The Morgan fingerprint density at radius 2 is 1.94 bits per heavy atom. The maximum atomic E-state index is 11.1. The summed E-state index contributed by atoms with van der Waals surface area (Å²) in [6, 6.07) is 0.415. The Balaban J connectivity index is 2.17. The van der Waals surface area contributed by atoms with Gasteiger partial charge < -0.3 is 0 Å². The number of hydrogen-bond acceptors (Lipinski definition) is 3. The molecule has 4 nitrogen and oxygen atoms in total. The van der Waals surface area contributed by atoms with E-state index < -0.39 is 9.05 Å². The van der Waals surface area contributed by atoms with Crippen molar-refractivity contribution in [2.75, 3.05) is 0 Å². The Labute approximate surface area is 113 Å². The quantitative estimate of drug-likeness (QED) is 0.635. The van der Waals surface area contributed by atoms with Crippen LogP contribution in [0.5, 0.6) is 0 Å². The van der Waals surface area contributed by atoms with Crippen LogP contribution in [0.25, 0.3) is 0 Å². The topological polar surface area (TPSA) is 52.0 Å². The molecule has 0 aromatic carbocycles. The molecule has 0 amide bonds. The van der Waals surface area contributed by atoms with E-state index in [2.05, 4.69) is 5.10 Å². The van der Waals surface area contributed by atoms with Crippen LogP contribution in [0.3, 0.4) is 0 Å². The molecule has 18 heavy (non-hydrogen) atoms. The molecule has 0 saturated heterocycles. The van der Waals surface area contributed by atoms with Crippen molar-refractivity contribution in [2.24, 2.45) is 0 Å². The summed E-state index contributed by atoms with van der Waals surface area (Å²) in [7, 11) is 1.79. The first kappa shape index (κ1) is 13.9. The molecule has 1 saturated carbocycles. The molecule has 0 spiro atoms. The number of halogens is 1. The predicted octanol–water partition coefficient (Wildman–Crippen LogP) is 3.16. The van der Waals surface area contributed by atoms with E-state index >= 15 is 0 Å². The average molecular weight is 291 g/mol. The van der Waals surface area contributed by atoms with Crippen molar-refractivity contribution in [2.45, 2.75) is 57.2 Å². The maximum absolute atomic E-state index is 11.1. The van der Waals surface area contributed by atoms with E-state index in [1.807, 2.05) is 17.8 Å². The molecule has 1 heterocycles. The Kier molecular flexibility index (Phi) is 4.33. The van der Waals surface area contributed by atoms with Crippen molar-refractivity contribution in [1.82, 2.24) is 9.78 Å². The molecule has 0 aliphatic heterocycles. The van der Waals surface area contributed by atoms with E-state index in [0.29, 0.717) is 11.6 Å². The number of aryl methyl sites for hydroxylation is 1. The van der Waals surface area contributed by atoms with Crippen LogP contribution in [-0.4, -0.2) is 18.2 Å². The SMILES string of the molecule is Cc1nn(C2CCCCCC2)cc1CS(=O)(=O)Cl. The molecule has 0 atom stereocenters. The molecule has 0 radical (unpaired) electrons. The molecule has 0 bridgehead atoms. The van der Waals surface area contributed by atoms with Gasteiger partial charge in [-0.2, -0.15) is 5.10 Å². The van der Waals surface area contributed by atoms with Gasteiger partial charge in [-0.05, 0) is 19.8 Å². The number of hydrogen-bond donors (Lipinski definition) is 0. The van der Waals surface area contributed by atoms with Crippen molar-refractivity contribution >= 4 is 19.7 Å². The van der Waals surface area contributed by atoms with Gasteiger partial charge in [-0.3, -0.25) is 4.68 Å². The third-order valence-corrected chi connectivity index (χ3v) is 4.53. The lowest BCUT2D eigenvalue weighted by atomic mass is 10.1. The third-order valence-electron chi connectivity index (χ3n) is 3.55. The summed E-state index contributed by atoms with van der Waals surface area (Å²) in [4.78, 5) is 0. The molecule has 1 aromatic heterocycles. The van der Waals surface area contributed by atoms with Crippen LogP contribution in [0.2, 0.25) is 0 Å². The Bertz CT molecular complexity index is 502. The first-order valence-electron chi connectivity index (χ1n) is 6.43. The second-order valence-electron chi connectivity index (χ2n) is 5.05. The van der Waals surface area contributed by atoms with Gasteiger partial charge >= 0.3 is 0 Å². The second kappa shape index (κ2) is 5.61. The highest BCUT2D eigenvalue weighted by molar-refractivity contribution is 8.13. The highest BCUT2D eigenvalue weighted by atomic mass is 35.7. The van der Waals surface area contributed by atoms with Crippen molar-refractivity contribution in [3.63, 3.8) is 0 Å². The van der Waals surface area contributed by atoms with Gasteiger partial charge in [-0.15, -0.1) is 0 Å². The first-order chi connectivity index (χ1) is 8.46. The average Bonchev–Trinajstić information content (AvgIpc) is 2.53. The molecular formula is C12H19ClN2O2S. The Morgan fingerprint density at radius 3 is 2.50 bits per heavy atom. The van der Waals surface area contributed by atoms with E-state index in [9.17, 15) is 8.42 Å². The van der Waals surface area contributed by atoms with Gasteiger partial charge in [-0.25, -0.2) is 8.42 Å². The van der Waals surface area contributed by atoms with Crippen LogP contribution in [-0.2, 0) is 14.8 Å². The molecule has 1 aromatic rings. The molecule has 0 unspecified atom stereocenters. The minimum atomic E-state index is -3.51. The minimum Gasteiger partial charge on any atom is -0.269 e. The van der Waals surface area contributed by atoms with Gasteiger partial charge in [0.1, 0.15) is 0 Å². The first-order valence-corrected chi connectivity index (χ1v) is 8.90. The predicted molar refractivity (Wildman–Crippen MR) is 72.2 cm³/mol. The van der Waals surface area contributed by atoms with Gasteiger partial charge in [-0.1, -0.05) is 25.7 Å². The normalized spacial score (nSPS) is 18.8. The largest absolute Gasteiger partial charge is 0.269 e. The van der Waals surface area contributed by atoms with E-state index in [1.54, 1.807) is 0 Å². The number of rotatable bonds is 3. The van der Waals surface area contributed by atoms with Crippen LogP contribution in [0.4, 0.5) is 0 Å². The summed E-state index contributed by atoms with van der Waals surface area (Å²) in [5.41, 5.74) is 1.48. The standard InChI is InChI=1S/C12H19ClN2O2S/c1-10-11(9-18(13,16)17)8-15(14-10)12-6-4-2-3-5-7-12/h8,12H,2-7,9H2,1H3. The summed E-state index contributed by atoms with van der Waals surface area (Å²) in [6.07, 6.45) is 9.16. The van der Waals surface area contributed by atoms with Crippen molar-refractivity contribution in [1.29, 1.82) is 0 Å². The van der Waals surface area contributed by atoms with Crippen LogP contribution >= 0.6 is 10.7 Å². The second-order valence-corrected chi connectivity index (χ2v) is 7.83. The monoisotopic (exact) mass is 290 g/mol. The molecule has 2 rings (SSSR count). The maximum Gasteiger partial charge on any atom is 0.236 e. The van der Waals surface area contributed by atoms with Crippen LogP contribution in [0.1, 0.15) is 55.8 Å².